The summed E-state index contributed by atoms with van der Waals surface area (Å²) in [6.45, 7) is 8.11. The van der Waals surface area contributed by atoms with Crippen molar-refractivity contribution in [3.05, 3.63) is 28.8 Å². The summed E-state index contributed by atoms with van der Waals surface area (Å²) in [5, 5.41) is 8.73. The fraction of sp³-hybridized carbons (Fsp3) is 0.556. The predicted octanol–water partition coefficient (Wildman–Crippen LogP) is 3.51. The Kier molecular flexibility index (Phi) is 8.19. The lowest BCUT2D eigenvalue weighted by Crippen LogP contribution is -2.43. The molecule has 1 aromatic carbocycles. The van der Waals surface area contributed by atoms with Gasteiger partial charge in [-0.15, -0.1) is 0 Å². The molecule has 1 rings (SSSR count). The van der Waals surface area contributed by atoms with Gasteiger partial charge in [-0.1, -0.05) is 31.4 Å². The van der Waals surface area contributed by atoms with Gasteiger partial charge in [-0.3, -0.25) is 4.79 Å². The second kappa shape index (κ2) is 9.63. The third-order valence-corrected chi connectivity index (χ3v) is 3.81. The summed E-state index contributed by atoms with van der Waals surface area (Å²) in [7, 11) is 0. The molecule has 1 aromatic rings. The second-order valence-electron chi connectivity index (χ2n) is 7.07. The quantitative estimate of drug-likeness (QED) is 0.593. The molecule has 0 radical (unpaired) electrons. The zero-order chi connectivity index (χ0) is 19.0. The SMILES string of the molecule is CCCCC(CN)NC(=O)c1cc(NC(=O)NC(C)(C)C)ccc1Cl. The predicted molar refractivity (Wildman–Crippen MR) is 103 cm³/mol. The number of unbranched alkanes of at least 4 members (excludes halogenated alkanes) is 1. The summed E-state index contributed by atoms with van der Waals surface area (Å²) < 4.78 is 0. The van der Waals surface area contributed by atoms with Gasteiger partial charge < -0.3 is 21.7 Å². The standard InChI is InChI=1S/C18H29ClN4O2/c1-5-6-7-13(11-20)21-16(24)14-10-12(8-9-15(14)19)22-17(25)23-18(2,3)4/h8-10,13H,5-7,11,20H2,1-4H3,(H,21,24)(H2,22,23,25). The number of hydrogen-bond donors (Lipinski definition) is 4. The summed E-state index contributed by atoms with van der Waals surface area (Å²) in [5.41, 5.74) is 6.17. The maximum atomic E-state index is 12.5. The largest absolute Gasteiger partial charge is 0.348 e. The Labute approximate surface area is 154 Å². The molecule has 0 aliphatic rings. The smallest absolute Gasteiger partial charge is 0.319 e. The van der Waals surface area contributed by atoms with Crippen LogP contribution in [0.1, 0.15) is 57.3 Å². The first kappa shape index (κ1) is 21.3. The van der Waals surface area contributed by atoms with Crippen LogP contribution in [0.2, 0.25) is 5.02 Å². The zero-order valence-electron chi connectivity index (χ0n) is 15.4. The summed E-state index contributed by atoms with van der Waals surface area (Å²) in [6.07, 6.45) is 2.85. The van der Waals surface area contributed by atoms with Crippen molar-refractivity contribution >= 4 is 29.2 Å². The Balaban J connectivity index is 2.82. The molecular weight excluding hydrogens is 340 g/mol. The molecule has 7 heteroatoms. The van der Waals surface area contributed by atoms with E-state index in [9.17, 15) is 9.59 Å². The fourth-order valence-electron chi connectivity index (χ4n) is 2.24. The van der Waals surface area contributed by atoms with E-state index in [1.807, 2.05) is 20.8 Å². The van der Waals surface area contributed by atoms with Gasteiger partial charge in [-0.05, 0) is 45.4 Å². The lowest BCUT2D eigenvalue weighted by Gasteiger charge is -2.21. The summed E-state index contributed by atoms with van der Waals surface area (Å²) >= 11 is 6.14. The van der Waals surface area contributed by atoms with Crippen LogP contribution in [0.25, 0.3) is 0 Å². The van der Waals surface area contributed by atoms with Crippen LogP contribution in [-0.2, 0) is 0 Å². The minimum atomic E-state index is -0.357. The number of nitrogens with two attached hydrogens (primary N) is 1. The van der Waals surface area contributed by atoms with Crippen molar-refractivity contribution in [2.24, 2.45) is 5.73 Å². The minimum absolute atomic E-state index is 0.0932. The molecule has 0 heterocycles. The molecule has 0 bridgehead atoms. The highest BCUT2D eigenvalue weighted by atomic mass is 35.5. The molecule has 5 N–H and O–H groups in total. The van der Waals surface area contributed by atoms with Gasteiger partial charge in [0.15, 0.2) is 0 Å². The topological polar surface area (TPSA) is 96.2 Å². The summed E-state index contributed by atoms with van der Waals surface area (Å²) in [4.78, 5) is 24.4. The van der Waals surface area contributed by atoms with Crippen molar-refractivity contribution in [1.82, 2.24) is 10.6 Å². The van der Waals surface area contributed by atoms with E-state index < -0.39 is 0 Å². The number of carbonyl (C=O) groups is 2. The van der Waals surface area contributed by atoms with Crippen LogP contribution >= 0.6 is 11.6 Å². The molecule has 0 saturated carbocycles. The number of carbonyl (C=O) groups excluding carboxylic acids is 2. The monoisotopic (exact) mass is 368 g/mol. The molecule has 1 unspecified atom stereocenters. The van der Waals surface area contributed by atoms with E-state index in [2.05, 4.69) is 22.9 Å². The van der Waals surface area contributed by atoms with E-state index in [-0.39, 0.29) is 23.5 Å². The van der Waals surface area contributed by atoms with Crippen LogP contribution in [0.4, 0.5) is 10.5 Å². The normalized spacial score (nSPS) is 12.4. The third kappa shape index (κ3) is 7.75. The number of halogens is 1. The number of anilines is 1. The van der Waals surface area contributed by atoms with Gasteiger partial charge in [0, 0.05) is 23.8 Å². The highest BCUT2D eigenvalue weighted by molar-refractivity contribution is 6.34. The summed E-state index contributed by atoms with van der Waals surface area (Å²) in [5.74, 6) is -0.295. The first-order valence-electron chi connectivity index (χ1n) is 8.56. The maximum Gasteiger partial charge on any atom is 0.319 e. The molecule has 25 heavy (non-hydrogen) atoms. The Morgan fingerprint density at radius 2 is 1.96 bits per heavy atom. The van der Waals surface area contributed by atoms with E-state index >= 15 is 0 Å². The van der Waals surface area contributed by atoms with Gasteiger partial charge in [-0.25, -0.2) is 4.79 Å². The highest BCUT2D eigenvalue weighted by Crippen LogP contribution is 2.21. The number of benzene rings is 1. The third-order valence-electron chi connectivity index (χ3n) is 3.48. The molecule has 0 aliphatic heterocycles. The van der Waals surface area contributed by atoms with Crippen LogP contribution in [0.5, 0.6) is 0 Å². The fourth-order valence-corrected chi connectivity index (χ4v) is 2.45. The molecule has 140 valence electrons. The van der Waals surface area contributed by atoms with Crippen LogP contribution in [0.3, 0.4) is 0 Å². The molecule has 0 spiro atoms. The maximum absolute atomic E-state index is 12.5. The van der Waals surface area contributed by atoms with Gasteiger partial charge in [0.05, 0.1) is 10.6 Å². The lowest BCUT2D eigenvalue weighted by molar-refractivity contribution is 0.0936. The van der Waals surface area contributed by atoms with Crippen molar-refractivity contribution < 1.29 is 9.59 Å². The Morgan fingerprint density at radius 1 is 1.28 bits per heavy atom. The van der Waals surface area contributed by atoms with Crippen molar-refractivity contribution in [2.45, 2.75) is 58.5 Å². The number of nitrogens with one attached hydrogen (secondary N) is 3. The molecular formula is C18H29ClN4O2. The summed E-state index contributed by atoms with van der Waals surface area (Å²) in [6, 6.07) is 4.37. The van der Waals surface area contributed by atoms with Crippen LogP contribution in [0, 0.1) is 0 Å². The van der Waals surface area contributed by atoms with Gasteiger partial charge in [0.25, 0.3) is 5.91 Å². The van der Waals surface area contributed by atoms with Gasteiger partial charge in [0.2, 0.25) is 0 Å². The average molecular weight is 369 g/mol. The van der Waals surface area contributed by atoms with E-state index in [0.717, 1.165) is 19.3 Å². The molecule has 0 fully saturated rings. The Hall–Kier alpha value is -1.79. The zero-order valence-corrected chi connectivity index (χ0v) is 16.2. The minimum Gasteiger partial charge on any atom is -0.348 e. The van der Waals surface area contributed by atoms with E-state index in [4.69, 9.17) is 17.3 Å². The number of urea groups is 1. The molecule has 0 aromatic heterocycles. The first-order chi connectivity index (χ1) is 11.7. The van der Waals surface area contributed by atoms with Crippen molar-refractivity contribution in [3.63, 3.8) is 0 Å². The van der Waals surface area contributed by atoms with Crippen molar-refractivity contribution in [1.29, 1.82) is 0 Å². The van der Waals surface area contributed by atoms with E-state index in [0.29, 0.717) is 22.8 Å². The first-order valence-corrected chi connectivity index (χ1v) is 8.93. The van der Waals surface area contributed by atoms with Gasteiger partial charge >= 0.3 is 6.03 Å². The van der Waals surface area contributed by atoms with Crippen LogP contribution in [0.15, 0.2) is 18.2 Å². The molecule has 6 nitrogen and oxygen atoms in total. The van der Waals surface area contributed by atoms with E-state index in [1.54, 1.807) is 18.2 Å². The Bertz CT molecular complexity index is 599. The lowest BCUT2D eigenvalue weighted by atomic mass is 10.1. The van der Waals surface area contributed by atoms with Crippen molar-refractivity contribution in [3.8, 4) is 0 Å². The average Bonchev–Trinajstić information content (AvgIpc) is 2.51. The molecule has 0 saturated heterocycles. The number of hydrogen-bond acceptors (Lipinski definition) is 3. The van der Waals surface area contributed by atoms with Crippen molar-refractivity contribution in [2.75, 3.05) is 11.9 Å². The molecule has 3 amide bonds. The van der Waals surface area contributed by atoms with Gasteiger partial charge in [-0.2, -0.15) is 0 Å². The number of rotatable bonds is 7. The van der Waals surface area contributed by atoms with Crippen LogP contribution < -0.4 is 21.7 Å². The number of amides is 3. The van der Waals surface area contributed by atoms with Crippen LogP contribution in [-0.4, -0.2) is 30.1 Å². The second-order valence-corrected chi connectivity index (χ2v) is 7.48. The Morgan fingerprint density at radius 3 is 2.52 bits per heavy atom. The highest BCUT2D eigenvalue weighted by Gasteiger charge is 2.17. The van der Waals surface area contributed by atoms with E-state index in [1.165, 1.54) is 0 Å². The molecule has 0 aliphatic carbocycles. The molecule has 1 atom stereocenters. The van der Waals surface area contributed by atoms with Gasteiger partial charge in [0.1, 0.15) is 0 Å².